The van der Waals surface area contributed by atoms with E-state index in [1.165, 1.54) is 18.4 Å². The van der Waals surface area contributed by atoms with Gasteiger partial charge < -0.3 is 0 Å². The molecule has 0 amide bonds. The van der Waals surface area contributed by atoms with Crippen molar-refractivity contribution in [2.24, 2.45) is 28.6 Å². The van der Waals surface area contributed by atoms with Crippen LogP contribution in [0.25, 0.3) is 0 Å². The largest absolute Gasteiger partial charge is 0.299 e. The molecule has 0 aromatic heterocycles. The van der Waals surface area contributed by atoms with E-state index in [0.29, 0.717) is 29.0 Å². The van der Waals surface area contributed by atoms with Gasteiger partial charge in [0.2, 0.25) is 0 Å². The molecule has 0 heterocycles. The first-order chi connectivity index (χ1) is 9.47. The van der Waals surface area contributed by atoms with Crippen LogP contribution in [0.4, 0.5) is 0 Å². The van der Waals surface area contributed by atoms with E-state index in [1.807, 2.05) is 0 Å². The van der Waals surface area contributed by atoms with Crippen LogP contribution in [0.5, 0.6) is 0 Å². The van der Waals surface area contributed by atoms with Gasteiger partial charge in [0.15, 0.2) is 0 Å². The molecule has 3 aliphatic carbocycles. The summed E-state index contributed by atoms with van der Waals surface area (Å²) < 4.78 is 0. The molecule has 106 valence electrons. The van der Waals surface area contributed by atoms with Crippen molar-refractivity contribution < 1.29 is 4.79 Å². The molecule has 1 nitrogen and oxygen atoms in total. The normalized spacial score (nSPS) is 44.9. The minimum Gasteiger partial charge on any atom is -0.299 e. The summed E-state index contributed by atoms with van der Waals surface area (Å²) >= 11 is 0. The van der Waals surface area contributed by atoms with Crippen LogP contribution in [0.2, 0.25) is 0 Å². The lowest BCUT2D eigenvalue weighted by atomic mass is 9.66. The number of carbonyl (C=O) groups is 1. The second-order valence-corrected chi connectivity index (χ2v) is 8.03. The summed E-state index contributed by atoms with van der Waals surface area (Å²) in [6, 6.07) is 10.8. The fraction of sp³-hybridized carbons (Fsp3) is 0.632. The molecule has 20 heavy (non-hydrogen) atoms. The van der Waals surface area contributed by atoms with Crippen molar-refractivity contribution in [1.82, 2.24) is 0 Å². The topological polar surface area (TPSA) is 17.1 Å². The average molecular weight is 268 g/mol. The SMILES string of the molecule is CC1(C)[C@@H]2CC[C@@]1(C)[C@@H]1C(=O)C[C@@H](c3ccccc3)[C@H]21. The van der Waals surface area contributed by atoms with Crippen molar-refractivity contribution in [3.8, 4) is 0 Å². The summed E-state index contributed by atoms with van der Waals surface area (Å²) in [7, 11) is 0. The Kier molecular flexibility index (Phi) is 2.37. The second kappa shape index (κ2) is 3.75. The first kappa shape index (κ1) is 12.6. The molecule has 0 aliphatic heterocycles. The fourth-order valence-corrected chi connectivity index (χ4v) is 6.05. The van der Waals surface area contributed by atoms with Gasteiger partial charge in [-0.2, -0.15) is 0 Å². The van der Waals surface area contributed by atoms with Crippen molar-refractivity contribution >= 4 is 5.78 Å². The van der Waals surface area contributed by atoms with Crippen LogP contribution in [0.3, 0.4) is 0 Å². The maximum Gasteiger partial charge on any atom is 0.137 e. The number of Topliss-reactive ketones (excluding diaryl/α,β-unsaturated/α-hetero) is 1. The van der Waals surface area contributed by atoms with Crippen molar-refractivity contribution in [3.63, 3.8) is 0 Å². The number of benzene rings is 1. The lowest BCUT2D eigenvalue weighted by Crippen LogP contribution is -2.35. The van der Waals surface area contributed by atoms with E-state index < -0.39 is 0 Å². The number of carbonyl (C=O) groups excluding carboxylic acids is 1. The summed E-state index contributed by atoms with van der Waals surface area (Å²) in [5, 5.41) is 0. The fourth-order valence-electron chi connectivity index (χ4n) is 6.05. The number of ketones is 1. The lowest BCUT2D eigenvalue weighted by Gasteiger charge is -2.38. The molecule has 2 bridgehead atoms. The van der Waals surface area contributed by atoms with Crippen LogP contribution in [-0.2, 0) is 4.79 Å². The third kappa shape index (κ3) is 1.27. The smallest absolute Gasteiger partial charge is 0.137 e. The summed E-state index contributed by atoms with van der Waals surface area (Å²) in [4.78, 5) is 12.7. The van der Waals surface area contributed by atoms with Gasteiger partial charge in [-0.15, -0.1) is 0 Å². The molecular weight excluding hydrogens is 244 g/mol. The third-order valence-corrected chi connectivity index (χ3v) is 7.37. The molecule has 5 atom stereocenters. The van der Waals surface area contributed by atoms with Crippen LogP contribution in [0.1, 0.15) is 51.5 Å². The van der Waals surface area contributed by atoms with Gasteiger partial charge in [-0.1, -0.05) is 51.1 Å². The minimum absolute atomic E-state index is 0.239. The van der Waals surface area contributed by atoms with Crippen molar-refractivity contribution in [3.05, 3.63) is 35.9 Å². The Balaban J connectivity index is 1.80. The summed E-state index contributed by atoms with van der Waals surface area (Å²) in [5.41, 5.74) is 1.95. The van der Waals surface area contributed by atoms with Crippen LogP contribution in [-0.4, -0.2) is 5.78 Å². The molecule has 3 aliphatic rings. The molecule has 3 fully saturated rings. The molecule has 1 aromatic carbocycles. The summed E-state index contributed by atoms with van der Waals surface area (Å²) in [5.74, 6) is 2.66. The van der Waals surface area contributed by atoms with E-state index in [1.54, 1.807) is 0 Å². The Bertz CT molecular complexity index is 558. The van der Waals surface area contributed by atoms with Gasteiger partial charge in [-0.25, -0.2) is 0 Å². The van der Waals surface area contributed by atoms with Gasteiger partial charge in [0, 0.05) is 12.3 Å². The monoisotopic (exact) mass is 268 g/mol. The number of rotatable bonds is 1. The first-order valence-corrected chi connectivity index (χ1v) is 8.04. The number of fused-ring (bicyclic) bond motifs is 5. The maximum atomic E-state index is 12.7. The van der Waals surface area contributed by atoms with E-state index >= 15 is 0 Å². The van der Waals surface area contributed by atoms with E-state index in [4.69, 9.17) is 0 Å². The van der Waals surface area contributed by atoms with Crippen LogP contribution >= 0.6 is 0 Å². The quantitative estimate of drug-likeness (QED) is 0.736. The Labute approximate surface area is 121 Å². The highest BCUT2D eigenvalue weighted by atomic mass is 16.1. The van der Waals surface area contributed by atoms with Crippen LogP contribution < -0.4 is 0 Å². The Hall–Kier alpha value is -1.11. The van der Waals surface area contributed by atoms with Gasteiger partial charge in [0.05, 0.1) is 0 Å². The highest BCUT2D eigenvalue weighted by Gasteiger charge is 2.71. The molecule has 4 rings (SSSR count). The first-order valence-electron chi connectivity index (χ1n) is 8.04. The van der Waals surface area contributed by atoms with Gasteiger partial charge >= 0.3 is 0 Å². The Morgan fingerprint density at radius 3 is 2.50 bits per heavy atom. The third-order valence-electron chi connectivity index (χ3n) is 7.37. The van der Waals surface area contributed by atoms with E-state index in [0.717, 1.165) is 12.3 Å². The average Bonchev–Trinajstić information content (AvgIpc) is 2.94. The van der Waals surface area contributed by atoms with Gasteiger partial charge in [-0.05, 0) is 47.0 Å². The van der Waals surface area contributed by atoms with Crippen molar-refractivity contribution in [1.29, 1.82) is 0 Å². The maximum absolute atomic E-state index is 12.7. The molecule has 0 radical (unpaired) electrons. The summed E-state index contributed by atoms with van der Waals surface area (Å²) in [6.07, 6.45) is 3.35. The van der Waals surface area contributed by atoms with E-state index in [-0.39, 0.29) is 5.41 Å². The molecule has 1 heteroatoms. The number of hydrogen-bond acceptors (Lipinski definition) is 1. The van der Waals surface area contributed by atoms with Crippen molar-refractivity contribution in [2.45, 2.75) is 46.0 Å². The highest BCUT2D eigenvalue weighted by Crippen LogP contribution is 2.75. The molecular formula is C19H24O. The van der Waals surface area contributed by atoms with Gasteiger partial charge in [-0.3, -0.25) is 4.79 Å². The predicted octanol–water partition coefficient (Wildman–Crippen LogP) is 4.43. The zero-order valence-electron chi connectivity index (χ0n) is 12.7. The predicted molar refractivity (Wildman–Crippen MR) is 80.4 cm³/mol. The summed E-state index contributed by atoms with van der Waals surface area (Å²) in [6.45, 7) is 7.22. The molecule has 0 N–H and O–H groups in total. The second-order valence-electron chi connectivity index (χ2n) is 8.03. The zero-order chi connectivity index (χ0) is 14.1. The lowest BCUT2D eigenvalue weighted by molar-refractivity contribution is -0.125. The van der Waals surface area contributed by atoms with Crippen LogP contribution in [0, 0.1) is 28.6 Å². The van der Waals surface area contributed by atoms with Gasteiger partial charge in [0.25, 0.3) is 0 Å². The molecule has 0 saturated heterocycles. The number of hydrogen-bond donors (Lipinski definition) is 0. The standard InChI is InChI=1S/C19H24O/c1-18(2)14-9-10-19(18,3)17-15(20)11-13(16(14)17)12-7-5-4-6-8-12/h4-8,13-14,16-17H,9-11H2,1-3H3/t13-,14+,16+,17+,19-/m0/s1. The Morgan fingerprint density at radius 2 is 1.80 bits per heavy atom. The molecule has 1 aromatic rings. The minimum atomic E-state index is 0.239. The molecule has 0 unspecified atom stereocenters. The molecule has 3 saturated carbocycles. The van der Waals surface area contributed by atoms with Gasteiger partial charge in [0.1, 0.15) is 5.78 Å². The van der Waals surface area contributed by atoms with Crippen molar-refractivity contribution in [2.75, 3.05) is 0 Å². The highest BCUT2D eigenvalue weighted by molar-refractivity contribution is 5.87. The van der Waals surface area contributed by atoms with E-state index in [2.05, 4.69) is 51.1 Å². The van der Waals surface area contributed by atoms with Crippen LogP contribution in [0.15, 0.2) is 30.3 Å². The zero-order valence-corrected chi connectivity index (χ0v) is 12.7. The van der Waals surface area contributed by atoms with E-state index in [9.17, 15) is 4.79 Å². The Morgan fingerprint density at radius 1 is 1.10 bits per heavy atom. The molecule has 0 spiro atoms.